The monoisotopic (exact) mass is 522 g/mol. The van der Waals surface area contributed by atoms with E-state index >= 15 is 0 Å². The highest BCUT2D eigenvalue weighted by Gasteiger charge is 2.52. The summed E-state index contributed by atoms with van der Waals surface area (Å²) >= 11 is 0. The molecule has 0 radical (unpaired) electrons. The van der Waals surface area contributed by atoms with E-state index in [1.165, 1.54) is 7.11 Å². The molecule has 0 aromatic heterocycles. The second-order valence-corrected chi connectivity index (χ2v) is 14.8. The number of methoxy groups -OCH3 is 1. The summed E-state index contributed by atoms with van der Waals surface area (Å²) < 4.78 is 24.7. The van der Waals surface area contributed by atoms with Crippen LogP contribution in [-0.4, -0.2) is 63.0 Å². The van der Waals surface area contributed by atoms with Gasteiger partial charge in [0.15, 0.2) is 6.29 Å². The summed E-state index contributed by atoms with van der Waals surface area (Å²) in [6.07, 6.45) is -4.89. The minimum Gasteiger partial charge on any atom is -0.405 e. The number of benzene rings is 3. The molecule has 4 rings (SSSR count). The third-order valence-electron chi connectivity index (χ3n) is 7.04. The van der Waals surface area contributed by atoms with Gasteiger partial charge in [-0.3, -0.25) is 0 Å². The zero-order chi connectivity index (χ0) is 26.5. The minimum atomic E-state index is -2.84. The number of hydrogen-bond donors (Lipinski definition) is 2. The number of hydrogen-bond acceptors (Lipinski definition) is 6. The average Bonchev–Trinajstić information content (AvgIpc) is 2.91. The fourth-order valence-electron chi connectivity index (χ4n) is 5.18. The van der Waals surface area contributed by atoms with Crippen LogP contribution in [-0.2, 0) is 25.2 Å². The third kappa shape index (κ3) is 5.88. The van der Waals surface area contributed by atoms with Gasteiger partial charge < -0.3 is 28.8 Å². The van der Waals surface area contributed by atoms with Crippen LogP contribution in [0, 0.1) is 0 Å². The normalized spacial score (nSPS) is 24.6. The van der Waals surface area contributed by atoms with E-state index < -0.39 is 39.0 Å². The first-order valence-corrected chi connectivity index (χ1v) is 14.6. The lowest BCUT2D eigenvalue weighted by Gasteiger charge is -2.46. The molecule has 3 aromatic carbocycles. The van der Waals surface area contributed by atoms with Crippen molar-refractivity contribution in [2.24, 2.45) is 0 Å². The predicted molar refractivity (Wildman–Crippen MR) is 146 cm³/mol. The van der Waals surface area contributed by atoms with Crippen LogP contribution in [0.15, 0.2) is 91.0 Å². The lowest BCUT2D eigenvalue weighted by molar-refractivity contribution is -0.302. The van der Waals surface area contributed by atoms with Gasteiger partial charge >= 0.3 is 0 Å². The Bertz CT molecular complexity index is 1050. The smallest absolute Gasteiger partial charge is 0.261 e. The molecular weight excluding hydrogens is 484 g/mol. The molecule has 1 heterocycles. The Hall–Kier alpha value is -2.36. The molecule has 3 aromatic rings. The summed E-state index contributed by atoms with van der Waals surface area (Å²) in [6, 6.07) is 30.4. The molecule has 1 fully saturated rings. The van der Waals surface area contributed by atoms with Gasteiger partial charge in [-0.2, -0.15) is 0 Å². The lowest BCUT2D eigenvalue weighted by atomic mass is 9.99. The fraction of sp³-hybridized carbons (Fsp3) is 0.400. The first kappa shape index (κ1) is 27.7. The zero-order valence-electron chi connectivity index (χ0n) is 22.0. The van der Waals surface area contributed by atoms with Crippen molar-refractivity contribution < 1.29 is 28.8 Å². The summed E-state index contributed by atoms with van der Waals surface area (Å²) in [5, 5.41) is 23.7. The van der Waals surface area contributed by atoms with Gasteiger partial charge in [-0.05, 0) is 21.0 Å². The molecule has 6 nitrogen and oxygen atoms in total. The first-order chi connectivity index (χ1) is 17.8. The van der Waals surface area contributed by atoms with Gasteiger partial charge in [-0.15, -0.1) is 0 Å². The van der Waals surface area contributed by atoms with Gasteiger partial charge in [-0.25, -0.2) is 0 Å². The highest BCUT2D eigenvalue weighted by atomic mass is 28.4. The van der Waals surface area contributed by atoms with E-state index in [1.807, 2.05) is 66.7 Å². The molecule has 0 bridgehead atoms. The number of aliphatic hydroxyl groups is 2. The van der Waals surface area contributed by atoms with Crippen LogP contribution in [0.2, 0.25) is 5.04 Å². The van der Waals surface area contributed by atoms with Crippen LogP contribution in [0.1, 0.15) is 26.3 Å². The Morgan fingerprint density at radius 2 is 1.30 bits per heavy atom. The molecule has 2 N–H and O–H groups in total. The highest BCUT2D eigenvalue weighted by Crippen LogP contribution is 2.37. The molecule has 0 saturated carbocycles. The Morgan fingerprint density at radius 1 is 0.784 bits per heavy atom. The summed E-state index contributed by atoms with van der Waals surface area (Å²) in [7, 11) is -1.39. The van der Waals surface area contributed by atoms with E-state index in [-0.39, 0.29) is 18.3 Å². The van der Waals surface area contributed by atoms with Gasteiger partial charge in [0.25, 0.3) is 8.32 Å². The minimum absolute atomic E-state index is 0.163. The van der Waals surface area contributed by atoms with Crippen molar-refractivity contribution in [2.75, 3.05) is 13.7 Å². The second-order valence-electron chi connectivity index (χ2n) is 10.5. The van der Waals surface area contributed by atoms with Crippen LogP contribution in [0.25, 0.3) is 0 Å². The van der Waals surface area contributed by atoms with Gasteiger partial charge in [-0.1, -0.05) is 112 Å². The van der Waals surface area contributed by atoms with Crippen molar-refractivity contribution in [3.63, 3.8) is 0 Å². The molecule has 1 aliphatic heterocycles. The molecule has 1 aliphatic rings. The van der Waals surface area contributed by atoms with Gasteiger partial charge in [0.2, 0.25) is 0 Å². The number of rotatable bonds is 9. The Morgan fingerprint density at radius 3 is 1.78 bits per heavy atom. The fourth-order valence-corrected chi connectivity index (χ4v) is 9.75. The topological polar surface area (TPSA) is 77.4 Å². The molecule has 5 atom stereocenters. The van der Waals surface area contributed by atoms with Gasteiger partial charge in [0, 0.05) is 7.11 Å². The number of aliphatic hydroxyl groups excluding tert-OH is 2. The molecule has 0 unspecified atom stereocenters. The van der Waals surface area contributed by atoms with E-state index in [2.05, 4.69) is 45.0 Å². The summed E-state index contributed by atoms with van der Waals surface area (Å²) in [5.41, 5.74) is 0.963. The van der Waals surface area contributed by atoms with Crippen molar-refractivity contribution in [3.05, 3.63) is 96.6 Å². The van der Waals surface area contributed by atoms with E-state index in [1.54, 1.807) is 0 Å². The van der Waals surface area contributed by atoms with Gasteiger partial charge in [0.1, 0.15) is 24.4 Å². The maximum atomic E-state index is 11.0. The van der Waals surface area contributed by atoms with Crippen LogP contribution < -0.4 is 10.4 Å². The van der Waals surface area contributed by atoms with Crippen molar-refractivity contribution in [1.82, 2.24) is 0 Å². The standard InChI is InChI=1S/C30H38O6Si/c1-30(2,3)37(23-16-10-6-11-17-23,24-18-12-7-13-19-24)35-21-25-28(26(31)27(32)29(33-4)36-25)34-20-22-14-8-5-9-15-22/h5-19,25-29,31-32H,20-21H2,1-4H3/t25-,26-,27+,28-,29+/m1/s1. The third-order valence-corrected chi connectivity index (χ3v) is 12.0. The van der Waals surface area contributed by atoms with Crippen molar-refractivity contribution >= 4 is 18.7 Å². The van der Waals surface area contributed by atoms with Gasteiger partial charge in [0.05, 0.1) is 13.2 Å². The zero-order valence-corrected chi connectivity index (χ0v) is 23.0. The lowest BCUT2D eigenvalue weighted by Crippen LogP contribution is -2.68. The molecular formula is C30H38O6Si. The maximum absolute atomic E-state index is 11.0. The van der Waals surface area contributed by atoms with E-state index in [4.69, 9.17) is 18.6 Å². The Labute approximate surface area is 220 Å². The van der Waals surface area contributed by atoms with E-state index in [0.717, 1.165) is 15.9 Å². The van der Waals surface area contributed by atoms with E-state index in [0.29, 0.717) is 0 Å². The summed E-state index contributed by atoms with van der Waals surface area (Å²) in [6.45, 7) is 7.06. The number of ether oxygens (including phenoxy) is 3. The molecule has 7 heteroatoms. The summed E-state index contributed by atoms with van der Waals surface area (Å²) in [4.78, 5) is 0. The van der Waals surface area contributed by atoms with Crippen LogP contribution in [0.5, 0.6) is 0 Å². The molecule has 0 aliphatic carbocycles. The van der Waals surface area contributed by atoms with Crippen molar-refractivity contribution in [3.8, 4) is 0 Å². The van der Waals surface area contributed by atoms with E-state index in [9.17, 15) is 10.2 Å². The highest BCUT2D eigenvalue weighted by molar-refractivity contribution is 6.99. The predicted octanol–water partition coefficient (Wildman–Crippen LogP) is 3.24. The molecule has 37 heavy (non-hydrogen) atoms. The van der Waals surface area contributed by atoms with Crippen LogP contribution in [0.3, 0.4) is 0 Å². The van der Waals surface area contributed by atoms with Crippen molar-refractivity contribution in [1.29, 1.82) is 0 Å². The molecule has 1 saturated heterocycles. The van der Waals surface area contributed by atoms with Crippen LogP contribution in [0.4, 0.5) is 0 Å². The first-order valence-electron chi connectivity index (χ1n) is 12.7. The largest absolute Gasteiger partial charge is 0.405 e. The Kier molecular flexibility index (Phi) is 8.97. The van der Waals surface area contributed by atoms with Crippen molar-refractivity contribution in [2.45, 2.75) is 63.1 Å². The van der Waals surface area contributed by atoms with Crippen LogP contribution >= 0.6 is 0 Å². The summed E-state index contributed by atoms with van der Waals surface area (Å²) in [5.74, 6) is 0. The molecule has 198 valence electrons. The SMILES string of the molecule is CO[C@H]1O[C@H](CO[Si](c2ccccc2)(c2ccccc2)C(C)(C)C)[C@@H](OCc2ccccc2)[C@H](O)[C@@H]1O. The Balaban J connectivity index is 1.67. The maximum Gasteiger partial charge on any atom is 0.261 e. The average molecular weight is 523 g/mol. The molecule has 0 spiro atoms. The quantitative estimate of drug-likeness (QED) is 0.420. The second kappa shape index (κ2) is 12.0. The molecule has 0 amide bonds.